The van der Waals surface area contributed by atoms with E-state index in [2.05, 4.69) is 4.18 Å². The van der Waals surface area contributed by atoms with Gasteiger partial charge in [0.25, 0.3) is 0 Å². The second-order valence-electron chi connectivity index (χ2n) is 3.65. The van der Waals surface area contributed by atoms with Gasteiger partial charge in [0.15, 0.2) is 6.29 Å². The fourth-order valence-corrected chi connectivity index (χ4v) is 1.98. The molecule has 0 aromatic heterocycles. The van der Waals surface area contributed by atoms with Crippen molar-refractivity contribution in [2.45, 2.75) is 30.7 Å². The van der Waals surface area contributed by atoms with Crippen LogP contribution in [-0.4, -0.2) is 74.7 Å². The molecule has 0 spiro atoms. The average molecular weight is 287 g/mol. The van der Waals surface area contributed by atoms with Crippen molar-refractivity contribution >= 4 is 10.4 Å². The minimum atomic E-state index is -4.88. The first-order valence-corrected chi connectivity index (χ1v) is 6.31. The maximum atomic E-state index is 10.3. The number of rotatable bonds is 5. The quantitative estimate of drug-likeness (QED) is 0.418. The maximum absolute atomic E-state index is 10.3. The Kier molecular flexibility index (Phi) is 5.43. The molecule has 1 saturated heterocycles. The third-order valence-corrected chi connectivity index (χ3v) is 2.95. The summed E-state index contributed by atoms with van der Waals surface area (Å²) in [5.41, 5.74) is 0. The molecule has 2 N–H and O–H groups in total. The van der Waals surface area contributed by atoms with Crippen LogP contribution in [-0.2, 0) is 28.8 Å². The zero-order chi connectivity index (χ0) is 13.9. The van der Waals surface area contributed by atoms with Crippen molar-refractivity contribution in [1.29, 1.82) is 0 Å². The van der Waals surface area contributed by atoms with Gasteiger partial charge in [0, 0.05) is 14.2 Å². The molecule has 0 saturated carbocycles. The van der Waals surface area contributed by atoms with E-state index in [-0.39, 0.29) is 0 Å². The van der Waals surface area contributed by atoms with Gasteiger partial charge in [-0.25, -0.2) is 8.42 Å². The molecule has 1 heterocycles. The highest BCUT2D eigenvalue weighted by Gasteiger charge is 2.45. The third-order valence-electron chi connectivity index (χ3n) is 2.52. The monoisotopic (exact) mass is 287 g/mol. The fourth-order valence-electron chi connectivity index (χ4n) is 1.68. The molecule has 10 heteroatoms. The van der Waals surface area contributed by atoms with Gasteiger partial charge in [-0.2, -0.15) is 0 Å². The maximum Gasteiger partial charge on any atom is 0.217 e. The fraction of sp³-hybridized carbons (Fsp3) is 1.00. The highest BCUT2D eigenvalue weighted by Crippen LogP contribution is 2.24. The van der Waals surface area contributed by atoms with E-state index in [9.17, 15) is 23.2 Å². The van der Waals surface area contributed by atoms with Crippen LogP contribution in [0.2, 0.25) is 0 Å². The summed E-state index contributed by atoms with van der Waals surface area (Å²) in [5.74, 6) is 0. The van der Waals surface area contributed by atoms with Crippen molar-refractivity contribution in [2.24, 2.45) is 0 Å². The standard InChI is InChI=1S/C8H16O9S/c1-14-7-4(3-16-18(11,12)13)17-8(15-2)6(10)5(7)9/h4-10H,3H2,1-2H3,(H,11,12,13)/p-1/t4-,5-,6-,7+,8+/m1/s1. The SMILES string of the molecule is CO[C@H]1O[C@H](COS(=O)(=O)[O-])[C@H](OC)[C@H](O)[C@H]1O. The van der Waals surface area contributed by atoms with Crippen LogP contribution in [0.3, 0.4) is 0 Å². The molecule has 1 rings (SSSR count). The Morgan fingerprint density at radius 3 is 2.28 bits per heavy atom. The summed E-state index contributed by atoms with van der Waals surface area (Å²) in [6, 6.07) is 0. The molecule has 0 radical (unpaired) electrons. The van der Waals surface area contributed by atoms with Crippen LogP contribution < -0.4 is 0 Å². The second-order valence-corrected chi connectivity index (χ2v) is 4.71. The summed E-state index contributed by atoms with van der Waals surface area (Å²) in [6.45, 7) is -0.645. The van der Waals surface area contributed by atoms with Crippen molar-refractivity contribution in [3.63, 3.8) is 0 Å². The lowest BCUT2D eigenvalue weighted by atomic mass is 9.99. The predicted octanol–water partition coefficient (Wildman–Crippen LogP) is -2.43. The highest BCUT2D eigenvalue weighted by molar-refractivity contribution is 7.80. The number of ether oxygens (including phenoxy) is 3. The van der Waals surface area contributed by atoms with Gasteiger partial charge in [0.2, 0.25) is 10.4 Å². The molecule has 0 aromatic rings. The van der Waals surface area contributed by atoms with Crippen LogP contribution in [0.1, 0.15) is 0 Å². The van der Waals surface area contributed by atoms with E-state index in [0.717, 1.165) is 0 Å². The zero-order valence-electron chi connectivity index (χ0n) is 9.75. The molecule has 0 unspecified atom stereocenters. The predicted molar refractivity (Wildman–Crippen MR) is 54.1 cm³/mol. The number of hydrogen-bond donors (Lipinski definition) is 2. The molecule has 1 aliphatic rings. The normalized spacial score (nSPS) is 37.7. The van der Waals surface area contributed by atoms with Gasteiger partial charge in [-0.05, 0) is 0 Å². The first kappa shape index (κ1) is 15.7. The van der Waals surface area contributed by atoms with Crippen molar-refractivity contribution in [1.82, 2.24) is 0 Å². The van der Waals surface area contributed by atoms with Crippen LogP contribution in [0.25, 0.3) is 0 Å². The third kappa shape index (κ3) is 3.83. The number of methoxy groups -OCH3 is 2. The van der Waals surface area contributed by atoms with Crippen molar-refractivity contribution in [3.8, 4) is 0 Å². The molecule has 0 aliphatic carbocycles. The molecule has 0 bridgehead atoms. The summed E-state index contributed by atoms with van der Waals surface area (Å²) >= 11 is 0. The molecular weight excluding hydrogens is 272 g/mol. The highest BCUT2D eigenvalue weighted by atomic mass is 32.3. The van der Waals surface area contributed by atoms with Crippen LogP contribution in [0.4, 0.5) is 0 Å². The average Bonchev–Trinajstić information content (AvgIpc) is 2.29. The minimum Gasteiger partial charge on any atom is -0.726 e. The lowest BCUT2D eigenvalue weighted by Gasteiger charge is -2.41. The van der Waals surface area contributed by atoms with Gasteiger partial charge in [-0.3, -0.25) is 4.18 Å². The summed E-state index contributed by atoms with van der Waals surface area (Å²) < 4.78 is 49.9. The van der Waals surface area contributed by atoms with Gasteiger partial charge in [0.05, 0.1) is 6.61 Å². The second kappa shape index (κ2) is 6.21. The number of aliphatic hydroxyl groups excluding tert-OH is 2. The molecular formula is C8H15O9S-. The van der Waals surface area contributed by atoms with Crippen molar-refractivity contribution in [3.05, 3.63) is 0 Å². The van der Waals surface area contributed by atoms with Crippen LogP contribution >= 0.6 is 0 Å². The van der Waals surface area contributed by atoms with E-state index >= 15 is 0 Å². The number of aliphatic hydroxyl groups is 2. The van der Waals surface area contributed by atoms with Crippen LogP contribution in [0.15, 0.2) is 0 Å². The molecule has 0 aromatic carbocycles. The summed E-state index contributed by atoms with van der Waals surface area (Å²) in [7, 11) is -2.42. The van der Waals surface area contributed by atoms with Crippen LogP contribution in [0.5, 0.6) is 0 Å². The Balaban J connectivity index is 2.74. The first-order chi connectivity index (χ1) is 8.30. The van der Waals surface area contributed by atoms with E-state index in [1.807, 2.05) is 0 Å². The Labute approximate surface area is 104 Å². The Morgan fingerprint density at radius 1 is 1.22 bits per heavy atom. The van der Waals surface area contributed by atoms with E-state index in [1.165, 1.54) is 14.2 Å². The molecule has 9 nitrogen and oxygen atoms in total. The van der Waals surface area contributed by atoms with E-state index < -0.39 is 47.7 Å². The molecule has 1 aliphatic heterocycles. The lowest BCUT2D eigenvalue weighted by molar-refractivity contribution is -0.297. The van der Waals surface area contributed by atoms with E-state index in [4.69, 9.17) is 14.2 Å². The summed E-state index contributed by atoms with van der Waals surface area (Å²) in [6.07, 6.45) is -6.01. The Morgan fingerprint density at radius 2 is 1.83 bits per heavy atom. The first-order valence-electron chi connectivity index (χ1n) is 4.97. The largest absolute Gasteiger partial charge is 0.726 e. The molecule has 108 valence electrons. The molecule has 18 heavy (non-hydrogen) atoms. The summed E-state index contributed by atoms with van der Waals surface area (Å²) in [4.78, 5) is 0. The molecule has 5 atom stereocenters. The summed E-state index contributed by atoms with van der Waals surface area (Å²) in [5, 5.41) is 19.3. The van der Waals surface area contributed by atoms with Crippen molar-refractivity contribution < 1.29 is 41.6 Å². The van der Waals surface area contributed by atoms with Crippen molar-refractivity contribution in [2.75, 3.05) is 20.8 Å². The topological polar surface area (TPSA) is 135 Å². The van der Waals surface area contributed by atoms with Gasteiger partial charge < -0.3 is 29.0 Å². The van der Waals surface area contributed by atoms with Gasteiger partial charge >= 0.3 is 0 Å². The van der Waals surface area contributed by atoms with E-state index in [0.29, 0.717) is 0 Å². The van der Waals surface area contributed by atoms with Gasteiger partial charge in [-0.1, -0.05) is 0 Å². The zero-order valence-corrected chi connectivity index (χ0v) is 10.6. The Hall–Kier alpha value is -0.330. The molecule has 1 fully saturated rings. The lowest BCUT2D eigenvalue weighted by Crippen LogP contribution is -2.59. The number of hydrogen-bond acceptors (Lipinski definition) is 9. The minimum absolute atomic E-state index is 0.645. The Bertz CT molecular complexity index is 356. The van der Waals surface area contributed by atoms with Crippen LogP contribution in [0, 0.1) is 0 Å². The molecule has 0 amide bonds. The van der Waals surface area contributed by atoms with Gasteiger partial charge in [0.1, 0.15) is 24.4 Å². The van der Waals surface area contributed by atoms with Gasteiger partial charge in [-0.15, -0.1) is 0 Å². The van der Waals surface area contributed by atoms with E-state index in [1.54, 1.807) is 0 Å². The smallest absolute Gasteiger partial charge is 0.217 e.